The van der Waals surface area contributed by atoms with Gasteiger partial charge in [-0.25, -0.2) is 15.1 Å². The minimum atomic E-state index is -4.72. The standard InChI is InChI=1S/C10H10F3N3O2.C10H14F3N3O2/c11-10(12,13)7-3-14-9(15-4-7)18-8-1-2-16(5-8)6-17;1-2-4-18-5-3-14-7-6-15-16-9(17)8(7)10(11,12)13/h3-4,6,8H,1-2,5H2;6H,2-5H2,1H3,(H2,14,16,17). The molecule has 1 atom stereocenters. The Hall–Kier alpha value is -3.43. The summed E-state index contributed by atoms with van der Waals surface area (Å²) in [5.74, 6) is 0. The van der Waals surface area contributed by atoms with Gasteiger partial charge in [0.05, 0.1) is 30.6 Å². The predicted molar refractivity (Wildman–Crippen MR) is 113 cm³/mol. The van der Waals surface area contributed by atoms with E-state index in [1.54, 1.807) is 5.10 Å². The number of alkyl halides is 6. The van der Waals surface area contributed by atoms with Crippen LogP contribution in [0.2, 0.25) is 0 Å². The summed E-state index contributed by atoms with van der Waals surface area (Å²) in [7, 11) is 0. The molecule has 1 amide bonds. The van der Waals surface area contributed by atoms with Crippen molar-refractivity contribution in [3.05, 3.63) is 40.1 Å². The van der Waals surface area contributed by atoms with E-state index in [1.165, 1.54) is 4.90 Å². The Bertz CT molecular complexity index is 1020. The van der Waals surface area contributed by atoms with E-state index < -0.39 is 29.0 Å². The Morgan fingerprint density at radius 2 is 1.83 bits per heavy atom. The van der Waals surface area contributed by atoms with Gasteiger partial charge in [-0.1, -0.05) is 6.92 Å². The van der Waals surface area contributed by atoms with Crippen LogP contribution in [0.1, 0.15) is 30.9 Å². The number of rotatable bonds is 9. The maximum Gasteiger partial charge on any atom is 0.423 e. The molecule has 1 fully saturated rings. The normalized spacial score (nSPS) is 15.8. The lowest BCUT2D eigenvalue weighted by atomic mass is 10.2. The van der Waals surface area contributed by atoms with Crippen molar-refractivity contribution in [2.24, 2.45) is 0 Å². The Balaban J connectivity index is 0.000000254. The molecule has 1 aliphatic rings. The molecule has 0 radical (unpaired) electrons. The van der Waals surface area contributed by atoms with Gasteiger partial charge in [-0.3, -0.25) is 9.59 Å². The molecule has 3 heterocycles. The van der Waals surface area contributed by atoms with Crippen molar-refractivity contribution in [2.45, 2.75) is 38.2 Å². The van der Waals surface area contributed by atoms with E-state index in [2.05, 4.69) is 20.4 Å². The minimum absolute atomic E-state index is 0.110. The molecule has 2 aromatic heterocycles. The van der Waals surface area contributed by atoms with Crippen molar-refractivity contribution in [2.75, 3.05) is 38.2 Å². The topological polar surface area (TPSA) is 122 Å². The Morgan fingerprint density at radius 1 is 1.14 bits per heavy atom. The van der Waals surface area contributed by atoms with Gasteiger partial charge in [0.2, 0.25) is 6.41 Å². The van der Waals surface area contributed by atoms with E-state index in [0.717, 1.165) is 12.6 Å². The minimum Gasteiger partial charge on any atom is -0.458 e. The summed E-state index contributed by atoms with van der Waals surface area (Å²) >= 11 is 0. The number of halogens is 6. The fourth-order valence-electron chi connectivity index (χ4n) is 2.94. The SMILES string of the molecule is CCCOCCNc1cn[nH]c(=O)c1C(F)(F)F.O=CN1CCC(Oc2ncc(C(F)(F)F)cn2)C1. The van der Waals surface area contributed by atoms with Gasteiger partial charge >= 0.3 is 18.4 Å². The van der Waals surface area contributed by atoms with Crippen molar-refractivity contribution < 1.29 is 40.6 Å². The largest absolute Gasteiger partial charge is 0.458 e. The quantitative estimate of drug-likeness (QED) is 0.291. The van der Waals surface area contributed by atoms with Crippen LogP contribution in [0.5, 0.6) is 6.01 Å². The number of aromatic amines is 1. The van der Waals surface area contributed by atoms with Crippen molar-refractivity contribution in [1.82, 2.24) is 25.1 Å². The molecule has 3 rings (SSSR count). The molecule has 200 valence electrons. The average molecular weight is 526 g/mol. The molecule has 1 aliphatic heterocycles. The molecule has 1 unspecified atom stereocenters. The van der Waals surface area contributed by atoms with Gasteiger partial charge in [0, 0.05) is 38.5 Å². The summed E-state index contributed by atoms with van der Waals surface area (Å²) in [6.45, 7) is 3.87. The highest BCUT2D eigenvalue weighted by Crippen LogP contribution is 2.31. The second-order valence-electron chi connectivity index (χ2n) is 7.41. The number of ether oxygens (including phenoxy) is 2. The third-order valence-electron chi connectivity index (χ3n) is 4.60. The second-order valence-corrected chi connectivity index (χ2v) is 7.41. The highest BCUT2D eigenvalue weighted by molar-refractivity contribution is 5.49. The zero-order chi connectivity index (χ0) is 26.8. The molecular weight excluding hydrogens is 502 g/mol. The number of hydrogen-bond donors (Lipinski definition) is 2. The van der Waals surface area contributed by atoms with E-state index in [4.69, 9.17) is 9.47 Å². The van der Waals surface area contributed by atoms with Gasteiger partial charge in [-0.2, -0.15) is 31.4 Å². The van der Waals surface area contributed by atoms with Crippen molar-refractivity contribution >= 4 is 12.1 Å². The molecule has 16 heteroatoms. The molecule has 1 saturated heterocycles. The Kier molecular flexibility index (Phi) is 10.4. The fraction of sp³-hybridized carbons (Fsp3) is 0.550. The van der Waals surface area contributed by atoms with Crippen LogP contribution in [0.25, 0.3) is 0 Å². The van der Waals surface area contributed by atoms with Crippen LogP contribution in [0, 0.1) is 0 Å². The summed E-state index contributed by atoms with van der Waals surface area (Å²) in [5, 5.41) is 7.59. The number of H-pyrrole nitrogens is 1. The molecule has 0 spiro atoms. The summed E-state index contributed by atoms with van der Waals surface area (Å²) in [6, 6.07) is -0.110. The lowest BCUT2D eigenvalue weighted by Gasteiger charge is -2.12. The van der Waals surface area contributed by atoms with Gasteiger partial charge in [0.15, 0.2) is 0 Å². The second kappa shape index (κ2) is 13.0. The van der Waals surface area contributed by atoms with Crippen molar-refractivity contribution in [3.63, 3.8) is 0 Å². The lowest BCUT2D eigenvalue weighted by molar-refractivity contribution is -0.139. The molecule has 36 heavy (non-hydrogen) atoms. The molecule has 10 nitrogen and oxygen atoms in total. The third kappa shape index (κ3) is 8.98. The molecule has 0 saturated carbocycles. The van der Waals surface area contributed by atoms with Gasteiger partial charge < -0.3 is 19.7 Å². The van der Waals surface area contributed by atoms with Gasteiger partial charge in [0.25, 0.3) is 5.56 Å². The molecule has 0 bridgehead atoms. The number of anilines is 1. The summed E-state index contributed by atoms with van der Waals surface area (Å²) in [4.78, 5) is 30.1. The van der Waals surface area contributed by atoms with Crippen LogP contribution < -0.4 is 15.6 Å². The van der Waals surface area contributed by atoms with Crippen LogP contribution in [0.4, 0.5) is 32.0 Å². The van der Waals surface area contributed by atoms with Crippen molar-refractivity contribution in [3.8, 4) is 6.01 Å². The number of amides is 1. The lowest BCUT2D eigenvalue weighted by Crippen LogP contribution is -2.25. The first-order valence-electron chi connectivity index (χ1n) is 10.7. The molecule has 0 aliphatic carbocycles. The molecule has 2 aromatic rings. The number of carbonyl (C=O) groups is 1. The van der Waals surface area contributed by atoms with E-state index in [-0.39, 0.29) is 31.0 Å². The highest BCUT2D eigenvalue weighted by atomic mass is 19.4. The van der Waals surface area contributed by atoms with Gasteiger partial charge in [-0.15, -0.1) is 0 Å². The maximum atomic E-state index is 12.6. The van der Waals surface area contributed by atoms with Crippen LogP contribution in [0.3, 0.4) is 0 Å². The van der Waals surface area contributed by atoms with Gasteiger partial charge in [0.1, 0.15) is 11.7 Å². The zero-order valence-electron chi connectivity index (χ0n) is 19.0. The van der Waals surface area contributed by atoms with Gasteiger partial charge in [-0.05, 0) is 6.42 Å². The van der Waals surface area contributed by atoms with E-state index in [0.29, 0.717) is 44.9 Å². The number of carbonyl (C=O) groups excluding carboxylic acids is 1. The number of likely N-dealkylation sites (tertiary alicyclic amines) is 1. The Labute approximate surface area is 201 Å². The fourth-order valence-corrected chi connectivity index (χ4v) is 2.94. The number of hydrogen-bond acceptors (Lipinski definition) is 8. The zero-order valence-corrected chi connectivity index (χ0v) is 19.0. The monoisotopic (exact) mass is 526 g/mol. The molecule has 0 aromatic carbocycles. The van der Waals surface area contributed by atoms with Crippen LogP contribution >= 0.6 is 0 Å². The van der Waals surface area contributed by atoms with E-state index in [1.807, 2.05) is 6.92 Å². The van der Waals surface area contributed by atoms with E-state index in [9.17, 15) is 35.9 Å². The summed E-state index contributed by atoms with van der Waals surface area (Å²) in [6.07, 6.45) is -5.01. The third-order valence-corrected chi connectivity index (χ3v) is 4.60. The highest BCUT2D eigenvalue weighted by Gasteiger charge is 2.37. The smallest absolute Gasteiger partial charge is 0.423 e. The Morgan fingerprint density at radius 3 is 2.39 bits per heavy atom. The number of nitrogens with zero attached hydrogens (tertiary/aromatic N) is 4. The predicted octanol–water partition coefficient (Wildman–Crippen LogP) is 2.73. The molecule has 2 N–H and O–H groups in total. The number of aromatic nitrogens is 4. The first kappa shape index (κ1) is 28.8. The van der Waals surface area contributed by atoms with Crippen molar-refractivity contribution in [1.29, 1.82) is 0 Å². The van der Waals surface area contributed by atoms with Crippen LogP contribution in [-0.4, -0.2) is 70.4 Å². The summed E-state index contributed by atoms with van der Waals surface area (Å²) < 4.78 is 85.0. The molecular formula is C20H24F6N6O4. The van der Waals surface area contributed by atoms with Crippen LogP contribution in [-0.2, 0) is 21.9 Å². The average Bonchev–Trinajstić information content (AvgIpc) is 3.26. The number of nitrogens with one attached hydrogen (secondary N) is 2. The first-order valence-corrected chi connectivity index (χ1v) is 10.7. The van der Waals surface area contributed by atoms with E-state index >= 15 is 0 Å². The van der Waals surface area contributed by atoms with Crippen LogP contribution in [0.15, 0.2) is 23.4 Å². The first-order chi connectivity index (χ1) is 17.0. The maximum absolute atomic E-state index is 12.6. The summed E-state index contributed by atoms with van der Waals surface area (Å²) in [5.41, 5.74) is -3.79.